The first kappa shape index (κ1) is 20.5. The summed E-state index contributed by atoms with van der Waals surface area (Å²) in [6.45, 7) is 10.5. The maximum Gasteiger partial charge on any atom is 0.252 e. The van der Waals surface area contributed by atoms with Crippen LogP contribution in [-0.4, -0.2) is 32.3 Å². The zero-order valence-corrected chi connectivity index (χ0v) is 17.6. The van der Waals surface area contributed by atoms with E-state index in [0.29, 0.717) is 11.8 Å². The van der Waals surface area contributed by atoms with Crippen molar-refractivity contribution in [3.63, 3.8) is 0 Å². The molecular weight excluding hydrogens is 366 g/mol. The second kappa shape index (κ2) is 8.43. The lowest BCUT2D eigenvalue weighted by Gasteiger charge is -2.13. The standard InChI is InChI=1S/C22H27N5O2/c1-15-11-16(2)13-17(12-15)29-10-7-20(28)25-19-14-18(22(3,4)5)26-27(19)21-23-8-6-9-24-21/h6,8-9,11-14H,7,10H2,1-5H3,(H,25,28). The summed E-state index contributed by atoms with van der Waals surface area (Å²) in [6, 6.07) is 9.60. The van der Waals surface area contributed by atoms with Gasteiger partial charge in [0.25, 0.3) is 5.95 Å². The molecule has 0 unspecified atom stereocenters. The molecule has 29 heavy (non-hydrogen) atoms. The number of hydrogen-bond acceptors (Lipinski definition) is 5. The van der Waals surface area contributed by atoms with Crippen LogP contribution in [0.25, 0.3) is 5.95 Å². The van der Waals surface area contributed by atoms with E-state index in [1.807, 2.05) is 32.0 Å². The van der Waals surface area contributed by atoms with E-state index in [0.717, 1.165) is 22.6 Å². The van der Waals surface area contributed by atoms with Gasteiger partial charge in [0.05, 0.1) is 18.7 Å². The molecule has 3 aromatic rings. The minimum Gasteiger partial charge on any atom is -0.493 e. The van der Waals surface area contributed by atoms with Gasteiger partial charge in [-0.2, -0.15) is 9.78 Å². The summed E-state index contributed by atoms with van der Waals surface area (Å²) in [7, 11) is 0. The van der Waals surface area contributed by atoms with Crippen molar-refractivity contribution in [1.82, 2.24) is 19.7 Å². The van der Waals surface area contributed by atoms with Crippen molar-refractivity contribution in [2.75, 3.05) is 11.9 Å². The Bertz CT molecular complexity index is 970. The predicted octanol–water partition coefficient (Wildman–Crippen LogP) is 3.98. The van der Waals surface area contributed by atoms with Gasteiger partial charge in [-0.15, -0.1) is 0 Å². The van der Waals surface area contributed by atoms with E-state index in [-0.39, 0.29) is 24.3 Å². The number of aryl methyl sites for hydroxylation is 2. The Balaban J connectivity index is 1.70. The highest BCUT2D eigenvalue weighted by Crippen LogP contribution is 2.25. The topological polar surface area (TPSA) is 81.9 Å². The number of aromatic nitrogens is 4. The van der Waals surface area contributed by atoms with Gasteiger partial charge < -0.3 is 10.1 Å². The molecule has 7 heteroatoms. The zero-order valence-electron chi connectivity index (χ0n) is 17.6. The van der Waals surface area contributed by atoms with E-state index in [2.05, 4.69) is 47.2 Å². The van der Waals surface area contributed by atoms with Crippen molar-refractivity contribution in [2.24, 2.45) is 0 Å². The minimum absolute atomic E-state index is 0.160. The van der Waals surface area contributed by atoms with Gasteiger partial charge in [0.1, 0.15) is 11.6 Å². The van der Waals surface area contributed by atoms with Crippen LogP contribution in [-0.2, 0) is 10.2 Å². The van der Waals surface area contributed by atoms with E-state index in [4.69, 9.17) is 4.74 Å². The number of rotatable bonds is 6. The van der Waals surface area contributed by atoms with Crippen molar-refractivity contribution in [3.8, 4) is 11.7 Å². The first-order valence-corrected chi connectivity index (χ1v) is 9.61. The Morgan fingerprint density at radius 1 is 1.07 bits per heavy atom. The quantitative estimate of drug-likeness (QED) is 0.685. The smallest absolute Gasteiger partial charge is 0.252 e. The minimum atomic E-state index is -0.175. The van der Waals surface area contributed by atoms with Crippen LogP contribution in [0.1, 0.15) is 44.0 Å². The molecule has 7 nitrogen and oxygen atoms in total. The monoisotopic (exact) mass is 393 g/mol. The SMILES string of the molecule is Cc1cc(C)cc(OCCC(=O)Nc2cc(C(C)(C)C)nn2-c2ncccn2)c1. The Morgan fingerprint density at radius 3 is 2.34 bits per heavy atom. The molecule has 0 atom stereocenters. The second-order valence-corrected chi connectivity index (χ2v) is 8.10. The number of carbonyl (C=O) groups is 1. The van der Waals surface area contributed by atoms with Crippen LogP contribution in [0, 0.1) is 13.8 Å². The molecule has 0 saturated heterocycles. The van der Waals surface area contributed by atoms with Crippen LogP contribution < -0.4 is 10.1 Å². The molecule has 0 spiro atoms. The van der Waals surface area contributed by atoms with Gasteiger partial charge in [0.15, 0.2) is 0 Å². The number of nitrogens with zero attached hydrogens (tertiary/aromatic N) is 4. The molecule has 1 amide bonds. The number of carbonyl (C=O) groups excluding carboxylic acids is 1. The molecule has 0 bridgehead atoms. The fourth-order valence-corrected chi connectivity index (χ4v) is 2.87. The first-order valence-electron chi connectivity index (χ1n) is 9.61. The van der Waals surface area contributed by atoms with Gasteiger partial charge in [0.2, 0.25) is 5.91 Å². The van der Waals surface area contributed by atoms with E-state index in [9.17, 15) is 4.79 Å². The molecule has 0 fully saturated rings. The van der Waals surface area contributed by atoms with Crippen molar-refractivity contribution in [3.05, 3.63) is 59.5 Å². The number of benzene rings is 1. The molecule has 2 heterocycles. The van der Waals surface area contributed by atoms with E-state index in [1.165, 1.54) is 0 Å². The molecule has 0 aliphatic heterocycles. The van der Waals surface area contributed by atoms with Gasteiger partial charge in [-0.05, 0) is 43.2 Å². The Kier molecular flexibility index (Phi) is 5.96. The molecule has 3 rings (SSSR count). The first-order chi connectivity index (χ1) is 13.7. The summed E-state index contributed by atoms with van der Waals surface area (Å²) in [6.07, 6.45) is 3.51. The summed E-state index contributed by atoms with van der Waals surface area (Å²) in [5.74, 6) is 1.56. The lowest BCUT2D eigenvalue weighted by Crippen LogP contribution is -2.18. The molecule has 0 aliphatic rings. The molecule has 0 aliphatic carbocycles. The van der Waals surface area contributed by atoms with Crippen molar-refractivity contribution in [1.29, 1.82) is 0 Å². The van der Waals surface area contributed by atoms with Gasteiger partial charge >= 0.3 is 0 Å². The summed E-state index contributed by atoms with van der Waals surface area (Å²) >= 11 is 0. The van der Waals surface area contributed by atoms with Gasteiger partial charge in [-0.25, -0.2) is 9.97 Å². The summed E-state index contributed by atoms with van der Waals surface area (Å²) in [5.41, 5.74) is 2.93. The van der Waals surface area contributed by atoms with Crippen molar-refractivity contribution < 1.29 is 9.53 Å². The number of ether oxygens (including phenoxy) is 1. The highest BCUT2D eigenvalue weighted by molar-refractivity contribution is 5.90. The fraction of sp³-hybridized carbons (Fsp3) is 0.364. The van der Waals surface area contributed by atoms with Crippen molar-refractivity contribution in [2.45, 2.75) is 46.5 Å². The van der Waals surface area contributed by atoms with Gasteiger partial charge in [0, 0.05) is 23.9 Å². The van der Waals surface area contributed by atoms with Crippen LogP contribution in [0.15, 0.2) is 42.7 Å². The third kappa shape index (κ3) is 5.40. The zero-order chi connectivity index (χ0) is 21.0. The van der Waals surface area contributed by atoms with Gasteiger partial charge in [-0.1, -0.05) is 26.8 Å². The molecular formula is C22H27N5O2. The van der Waals surface area contributed by atoms with E-state index >= 15 is 0 Å². The lowest BCUT2D eigenvalue weighted by atomic mass is 9.92. The third-order valence-electron chi connectivity index (χ3n) is 4.28. The summed E-state index contributed by atoms with van der Waals surface area (Å²) in [5, 5.41) is 7.51. The van der Waals surface area contributed by atoms with Crippen molar-refractivity contribution >= 4 is 11.7 Å². The molecule has 0 radical (unpaired) electrons. The summed E-state index contributed by atoms with van der Waals surface area (Å²) < 4.78 is 7.30. The largest absolute Gasteiger partial charge is 0.493 e. The normalized spacial score (nSPS) is 11.3. The predicted molar refractivity (Wildman–Crippen MR) is 113 cm³/mol. The van der Waals surface area contributed by atoms with Gasteiger partial charge in [-0.3, -0.25) is 4.79 Å². The Labute approximate surface area is 171 Å². The Morgan fingerprint density at radius 2 is 1.72 bits per heavy atom. The maximum absolute atomic E-state index is 12.5. The Hall–Kier alpha value is -3.22. The lowest BCUT2D eigenvalue weighted by molar-refractivity contribution is -0.116. The molecule has 152 valence electrons. The van der Waals surface area contributed by atoms with Crippen LogP contribution in [0.5, 0.6) is 5.75 Å². The number of nitrogens with one attached hydrogen (secondary N) is 1. The van der Waals surface area contributed by atoms with E-state index < -0.39 is 0 Å². The molecule has 0 saturated carbocycles. The summed E-state index contributed by atoms with van der Waals surface area (Å²) in [4.78, 5) is 21.0. The maximum atomic E-state index is 12.5. The van der Waals surface area contributed by atoms with Crippen LogP contribution in [0.3, 0.4) is 0 Å². The van der Waals surface area contributed by atoms with Crippen LogP contribution in [0.4, 0.5) is 5.82 Å². The fourth-order valence-electron chi connectivity index (χ4n) is 2.87. The average molecular weight is 393 g/mol. The molecule has 1 N–H and O–H groups in total. The van der Waals surface area contributed by atoms with Crippen LogP contribution in [0.2, 0.25) is 0 Å². The van der Waals surface area contributed by atoms with E-state index in [1.54, 1.807) is 23.1 Å². The molecule has 1 aromatic carbocycles. The van der Waals surface area contributed by atoms with Crippen LogP contribution >= 0.6 is 0 Å². The number of hydrogen-bond donors (Lipinski definition) is 1. The highest BCUT2D eigenvalue weighted by Gasteiger charge is 2.22. The highest BCUT2D eigenvalue weighted by atomic mass is 16.5. The second-order valence-electron chi connectivity index (χ2n) is 8.10. The average Bonchev–Trinajstić information content (AvgIpc) is 3.06. The number of anilines is 1. The number of amides is 1. The molecule has 2 aromatic heterocycles. The third-order valence-corrected chi connectivity index (χ3v) is 4.28.